The van der Waals surface area contributed by atoms with Crippen molar-refractivity contribution in [2.45, 2.75) is 19.9 Å². The molecule has 0 saturated carbocycles. The van der Waals surface area contributed by atoms with E-state index in [0.717, 1.165) is 11.3 Å². The van der Waals surface area contributed by atoms with Crippen molar-refractivity contribution in [3.63, 3.8) is 0 Å². The van der Waals surface area contributed by atoms with Gasteiger partial charge in [-0.25, -0.2) is 8.78 Å². The number of carbonyl (C=O) groups is 1. The van der Waals surface area contributed by atoms with Gasteiger partial charge in [0.25, 0.3) is 6.43 Å². The molecule has 0 radical (unpaired) electrons. The Labute approximate surface area is 122 Å². The van der Waals surface area contributed by atoms with Crippen LogP contribution in [0.5, 0.6) is 0 Å². The first-order valence-electron chi connectivity index (χ1n) is 6.53. The van der Waals surface area contributed by atoms with E-state index in [1.807, 2.05) is 12.1 Å². The van der Waals surface area contributed by atoms with Crippen molar-refractivity contribution in [1.29, 1.82) is 0 Å². The lowest BCUT2D eigenvalue weighted by atomic mass is 10.1. The van der Waals surface area contributed by atoms with Crippen LogP contribution in [0.1, 0.15) is 24.5 Å². The van der Waals surface area contributed by atoms with E-state index >= 15 is 0 Å². The smallest absolute Gasteiger partial charge is 0.263 e. The van der Waals surface area contributed by atoms with Gasteiger partial charge in [0.15, 0.2) is 0 Å². The molecule has 0 aliphatic heterocycles. The predicted octanol–water partition coefficient (Wildman–Crippen LogP) is 4.19. The van der Waals surface area contributed by atoms with E-state index in [1.165, 1.54) is 19.1 Å². The highest BCUT2D eigenvalue weighted by molar-refractivity contribution is 5.89. The summed E-state index contributed by atoms with van der Waals surface area (Å²) in [6, 6.07) is 13.5. The fourth-order valence-corrected chi connectivity index (χ4v) is 1.95. The van der Waals surface area contributed by atoms with Crippen molar-refractivity contribution in [3.8, 4) is 0 Å². The summed E-state index contributed by atoms with van der Waals surface area (Å²) in [5.41, 5.74) is 2.29. The molecular weight excluding hydrogens is 274 g/mol. The molecular formula is C16H16F2N2O. The van der Waals surface area contributed by atoms with Crippen LogP contribution in [0.2, 0.25) is 0 Å². The quantitative estimate of drug-likeness (QED) is 0.866. The van der Waals surface area contributed by atoms with E-state index in [0.29, 0.717) is 12.2 Å². The van der Waals surface area contributed by atoms with E-state index in [4.69, 9.17) is 0 Å². The lowest BCUT2D eigenvalue weighted by molar-refractivity contribution is -0.114. The summed E-state index contributed by atoms with van der Waals surface area (Å²) in [5.74, 6) is -0.142. The molecule has 0 atom stereocenters. The maximum atomic E-state index is 12.6. The van der Waals surface area contributed by atoms with Gasteiger partial charge in [0, 0.05) is 30.4 Å². The first-order valence-corrected chi connectivity index (χ1v) is 6.53. The molecule has 0 bridgehead atoms. The number of hydrogen-bond acceptors (Lipinski definition) is 2. The largest absolute Gasteiger partial charge is 0.381 e. The zero-order valence-electron chi connectivity index (χ0n) is 11.6. The van der Waals surface area contributed by atoms with Gasteiger partial charge in [-0.2, -0.15) is 0 Å². The number of halogens is 2. The first-order chi connectivity index (χ1) is 10.0. The van der Waals surface area contributed by atoms with Crippen LogP contribution in [0.25, 0.3) is 0 Å². The van der Waals surface area contributed by atoms with Crippen LogP contribution in [-0.2, 0) is 11.3 Å². The lowest BCUT2D eigenvalue weighted by Crippen LogP contribution is -2.06. The third-order valence-corrected chi connectivity index (χ3v) is 2.88. The molecule has 2 aromatic rings. The Morgan fingerprint density at radius 3 is 2.52 bits per heavy atom. The highest BCUT2D eigenvalue weighted by atomic mass is 19.3. The zero-order chi connectivity index (χ0) is 15.2. The molecule has 0 aromatic heterocycles. The number of hydrogen-bond donors (Lipinski definition) is 2. The van der Waals surface area contributed by atoms with Crippen molar-refractivity contribution in [2.75, 3.05) is 10.6 Å². The normalized spacial score (nSPS) is 10.5. The molecule has 0 spiro atoms. The molecule has 0 aliphatic carbocycles. The number of anilines is 2. The van der Waals surface area contributed by atoms with Crippen molar-refractivity contribution < 1.29 is 13.6 Å². The zero-order valence-corrected chi connectivity index (χ0v) is 11.6. The second-order valence-electron chi connectivity index (χ2n) is 4.66. The van der Waals surface area contributed by atoms with Crippen molar-refractivity contribution in [3.05, 3.63) is 59.7 Å². The van der Waals surface area contributed by atoms with E-state index in [-0.39, 0.29) is 11.5 Å². The van der Waals surface area contributed by atoms with Gasteiger partial charge in [-0.1, -0.05) is 24.3 Å². The Kier molecular flexibility index (Phi) is 4.87. The SMILES string of the molecule is CC(=O)Nc1cccc(NCc2cccc(C(F)F)c2)c1. The van der Waals surface area contributed by atoms with Gasteiger partial charge in [0.2, 0.25) is 5.91 Å². The van der Waals surface area contributed by atoms with Crippen molar-refractivity contribution >= 4 is 17.3 Å². The molecule has 0 heterocycles. The van der Waals surface area contributed by atoms with Crippen LogP contribution in [-0.4, -0.2) is 5.91 Å². The Morgan fingerprint density at radius 1 is 1.10 bits per heavy atom. The summed E-state index contributed by atoms with van der Waals surface area (Å²) in [6.45, 7) is 1.88. The van der Waals surface area contributed by atoms with Crippen LogP contribution in [0, 0.1) is 0 Å². The average Bonchev–Trinajstić information content (AvgIpc) is 2.45. The summed E-state index contributed by atoms with van der Waals surface area (Å²) >= 11 is 0. The molecule has 0 aliphatic rings. The summed E-state index contributed by atoms with van der Waals surface area (Å²) in [5, 5.41) is 5.83. The highest BCUT2D eigenvalue weighted by Gasteiger charge is 2.06. The highest BCUT2D eigenvalue weighted by Crippen LogP contribution is 2.20. The average molecular weight is 290 g/mol. The molecule has 3 nitrogen and oxygen atoms in total. The third kappa shape index (κ3) is 4.56. The minimum absolute atomic E-state index is 0.0151. The predicted molar refractivity (Wildman–Crippen MR) is 79.5 cm³/mol. The molecule has 5 heteroatoms. The maximum absolute atomic E-state index is 12.6. The minimum atomic E-state index is -2.46. The number of rotatable bonds is 5. The van der Waals surface area contributed by atoms with Crippen LogP contribution in [0.3, 0.4) is 0 Å². The summed E-state index contributed by atoms with van der Waals surface area (Å²) < 4.78 is 25.2. The standard InChI is InChI=1S/C16H16F2N2O/c1-11(21)20-15-7-3-6-14(9-15)19-10-12-4-2-5-13(8-12)16(17)18/h2-9,16,19H,10H2,1H3,(H,20,21). The summed E-state index contributed by atoms with van der Waals surface area (Å²) in [6.07, 6.45) is -2.46. The minimum Gasteiger partial charge on any atom is -0.381 e. The molecule has 110 valence electrons. The van der Waals surface area contributed by atoms with Crippen LogP contribution < -0.4 is 10.6 Å². The van der Waals surface area contributed by atoms with E-state index in [2.05, 4.69) is 10.6 Å². The monoisotopic (exact) mass is 290 g/mol. The van der Waals surface area contributed by atoms with Gasteiger partial charge in [0.1, 0.15) is 0 Å². The van der Waals surface area contributed by atoms with Gasteiger partial charge in [-0.3, -0.25) is 4.79 Å². The van der Waals surface area contributed by atoms with E-state index < -0.39 is 6.43 Å². The summed E-state index contributed by atoms with van der Waals surface area (Å²) in [4.78, 5) is 11.0. The third-order valence-electron chi connectivity index (χ3n) is 2.88. The molecule has 0 fully saturated rings. The number of nitrogens with one attached hydrogen (secondary N) is 2. The summed E-state index contributed by atoms with van der Waals surface area (Å²) in [7, 11) is 0. The number of amides is 1. The fraction of sp³-hybridized carbons (Fsp3) is 0.188. The number of carbonyl (C=O) groups excluding carboxylic acids is 1. The van der Waals surface area contributed by atoms with Gasteiger partial charge >= 0.3 is 0 Å². The lowest BCUT2D eigenvalue weighted by Gasteiger charge is -2.10. The Hall–Kier alpha value is -2.43. The van der Waals surface area contributed by atoms with Gasteiger partial charge in [-0.05, 0) is 29.8 Å². The van der Waals surface area contributed by atoms with Gasteiger partial charge in [0.05, 0.1) is 0 Å². The van der Waals surface area contributed by atoms with Crippen LogP contribution >= 0.6 is 0 Å². The van der Waals surface area contributed by atoms with Crippen LogP contribution in [0.15, 0.2) is 48.5 Å². The molecule has 21 heavy (non-hydrogen) atoms. The molecule has 0 saturated heterocycles. The molecule has 1 amide bonds. The van der Waals surface area contributed by atoms with Gasteiger partial charge < -0.3 is 10.6 Å². The van der Waals surface area contributed by atoms with Gasteiger partial charge in [-0.15, -0.1) is 0 Å². The molecule has 2 rings (SSSR count). The molecule has 2 aromatic carbocycles. The Balaban J connectivity index is 2.02. The molecule has 2 N–H and O–H groups in total. The maximum Gasteiger partial charge on any atom is 0.263 e. The molecule has 0 unspecified atom stereocenters. The number of alkyl halides is 2. The topological polar surface area (TPSA) is 41.1 Å². The Morgan fingerprint density at radius 2 is 1.81 bits per heavy atom. The number of benzene rings is 2. The fourth-order valence-electron chi connectivity index (χ4n) is 1.95. The van der Waals surface area contributed by atoms with Crippen LogP contribution in [0.4, 0.5) is 20.2 Å². The first kappa shape index (κ1) is 15.0. The second-order valence-corrected chi connectivity index (χ2v) is 4.66. The Bertz CT molecular complexity index is 629. The van der Waals surface area contributed by atoms with Crippen molar-refractivity contribution in [1.82, 2.24) is 0 Å². The second kappa shape index (κ2) is 6.83. The van der Waals surface area contributed by atoms with E-state index in [1.54, 1.807) is 24.3 Å². The van der Waals surface area contributed by atoms with Crippen molar-refractivity contribution in [2.24, 2.45) is 0 Å². The van der Waals surface area contributed by atoms with E-state index in [9.17, 15) is 13.6 Å².